The highest BCUT2D eigenvalue weighted by molar-refractivity contribution is 7.89. The fraction of sp³-hybridized carbons (Fsp3) is 0.545. The van der Waals surface area contributed by atoms with Crippen molar-refractivity contribution in [2.24, 2.45) is 5.92 Å². The molecular formula is C11H18N2O4S. The Labute approximate surface area is 106 Å². The van der Waals surface area contributed by atoms with Crippen LogP contribution < -0.4 is 10.3 Å². The second kappa shape index (κ2) is 6.12. The van der Waals surface area contributed by atoms with Gasteiger partial charge in [0, 0.05) is 18.8 Å². The first-order valence-electron chi connectivity index (χ1n) is 5.67. The van der Waals surface area contributed by atoms with E-state index in [2.05, 4.69) is 9.71 Å². The number of aromatic nitrogens is 1. The maximum atomic E-state index is 11.8. The van der Waals surface area contributed by atoms with Gasteiger partial charge in [-0.1, -0.05) is 13.8 Å². The minimum Gasteiger partial charge on any atom is -0.392 e. The van der Waals surface area contributed by atoms with Crippen molar-refractivity contribution in [3.8, 4) is 0 Å². The van der Waals surface area contributed by atoms with Crippen LogP contribution in [0, 0.1) is 5.92 Å². The molecule has 0 spiro atoms. The maximum absolute atomic E-state index is 11.8. The Morgan fingerprint density at radius 2 is 2.06 bits per heavy atom. The second-order valence-electron chi connectivity index (χ2n) is 4.52. The molecule has 6 nitrogen and oxygen atoms in total. The highest BCUT2D eigenvalue weighted by Gasteiger charge is 2.16. The molecule has 3 N–H and O–H groups in total. The van der Waals surface area contributed by atoms with Gasteiger partial charge < -0.3 is 10.1 Å². The first kappa shape index (κ1) is 14.9. The van der Waals surface area contributed by atoms with Crippen molar-refractivity contribution in [3.63, 3.8) is 0 Å². The van der Waals surface area contributed by atoms with Crippen molar-refractivity contribution in [1.29, 1.82) is 0 Å². The predicted molar refractivity (Wildman–Crippen MR) is 67.7 cm³/mol. The number of hydrogen-bond acceptors (Lipinski definition) is 4. The first-order chi connectivity index (χ1) is 8.31. The summed E-state index contributed by atoms with van der Waals surface area (Å²) >= 11 is 0. The smallest absolute Gasteiger partial charge is 0.247 e. The van der Waals surface area contributed by atoms with Crippen molar-refractivity contribution in [2.45, 2.75) is 31.3 Å². The van der Waals surface area contributed by atoms with Crippen LogP contribution in [0.25, 0.3) is 0 Å². The number of aromatic amines is 1. The van der Waals surface area contributed by atoms with E-state index < -0.39 is 16.1 Å². The molecule has 0 aliphatic heterocycles. The number of H-pyrrole nitrogens is 1. The first-order valence-corrected chi connectivity index (χ1v) is 7.16. The molecule has 0 aliphatic carbocycles. The van der Waals surface area contributed by atoms with E-state index in [1.807, 2.05) is 13.8 Å². The van der Waals surface area contributed by atoms with Crippen LogP contribution in [0.2, 0.25) is 0 Å². The molecule has 0 aliphatic rings. The van der Waals surface area contributed by atoms with Gasteiger partial charge in [0.15, 0.2) is 0 Å². The van der Waals surface area contributed by atoms with Crippen LogP contribution in [0.1, 0.15) is 20.3 Å². The van der Waals surface area contributed by atoms with E-state index in [0.717, 1.165) is 12.3 Å². The molecule has 1 rings (SSSR count). The van der Waals surface area contributed by atoms with Gasteiger partial charge in [0.1, 0.15) is 0 Å². The minimum atomic E-state index is -3.69. The van der Waals surface area contributed by atoms with Gasteiger partial charge in [0.05, 0.1) is 11.0 Å². The molecule has 1 heterocycles. The third-order valence-corrected chi connectivity index (χ3v) is 3.74. The van der Waals surface area contributed by atoms with Gasteiger partial charge in [0.2, 0.25) is 15.6 Å². The quantitative estimate of drug-likeness (QED) is 0.683. The number of aliphatic hydroxyl groups excluding tert-OH is 1. The Kier molecular flexibility index (Phi) is 5.06. The van der Waals surface area contributed by atoms with E-state index in [-0.39, 0.29) is 22.9 Å². The lowest BCUT2D eigenvalue weighted by Crippen LogP contribution is -2.33. The molecule has 1 aromatic heterocycles. The van der Waals surface area contributed by atoms with Gasteiger partial charge in [-0.05, 0) is 18.4 Å². The number of nitrogens with one attached hydrogen (secondary N) is 2. The Morgan fingerprint density at radius 3 is 2.56 bits per heavy atom. The van der Waals surface area contributed by atoms with Gasteiger partial charge in [-0.25, -0.2) is 13.1 Å². The molecule has 1 aromatic rings. The lowest BCUT2D eigenvalue weighted by molar-refractivity contribution is 0.152. The van der Waals surface area contributed by atoms with E-state index in [1.165, 1.54) is 6.07 Å². The Balaban J connectivity index is 2.65. The predicted octanol–water partition coefficient (Wildman–Crippen LogP) is 0.0602. The highest BCUT2D eigenvalue weighted by Crippen LogP contribution is 2.07. The van der Waals surface area contributed by atoms with Crippen LogP contribution in [0.5, 0.6) is 0 Å². The van der Waals surface area contributed by atoms with Gasteiger partial charge >= 0.3 is 0 Å². The molecule has 102 valence electrons. The topological polar surface area (TPSA) is 99.3 Å². The zero-order chi connectivity index (χ0) is 13.8. The fourth-order valence-electron chi connectivity index (χ4n) is 1.48. The van der Waals surface area contributed by atoms with Crippen LogP contribution in [0.15, 0.2) is 28.0 Å². The third kappa shape index (κ3) is 4.59. The van der Waals surface area contributed by atoms with E-state index in [9.17, 15) is 18.3 Å². The van der Waals surface area contributed by atoms with Crippen LogP contribution in [0.3, 0.4) is 0 Å². The molecular weight excluding hydrogens is 256 g/mol. The summed E-state index contributed by atoms with van der Waals surface area (Å²) < 4.78 is 25.9. The monoisotopic (exact) mass is 274 g/mol. The summed E-state index contributed by atoms with van der Waals surface area (Å²) in [6, 6.07) is 2.36. The molecule has 0 saturated carbocycles. The third-order valence-electron chi connectivity index (χ3n) is 2.32. The molecule has 0 saturated heterocycles. The Morgan fingerprint density at radius 1 is 1.39 bits per heavy atom. The SMILES string of the molecule is CC(C)CC(O)CNS(=O)(=O)c1ccc(=O)[nH]c1. The summed E-state index contributed by atoms with van der Waals surface area (Å²) in [6.45, 7) is 3.85. The maximum Gasteiger partial charge on any atom is 0.247 e. The van der Waals surface area contributed by atoms with Gasteiger partial charge in [-0.15, -0.1) is 0 Å². The second-order valence-corrected chi connectivity index (χ2v) is 6.29. The summed E-state index contributed by atoms with van der Waals surface area (Å²) in [7, 11) is -3.69. The molecule has 1 unspecified atom stereocenters. The minimum absolute atomic E-state index is 0.0288. The van der Waals surface area contributed by atoms with Gasteiger partial charge in [0.25, 0.3) is 0 Å². The number of rotatable bonds is 6. The van der Waals surface area contributed by atoms with E-state index >= 15 is 0 Å². The zero-order valence-electron chi connectivity index (χ0n) is 10.4. The Hall–Kier alpha value is -1.18. The molecule has 7 heteroatoms. The molecule has 0 aromatic carbocycles. The molecule has 0 radical (unpaired) electrons. The fourth-order valence-corrected chi connectivity index (χ4v) is 2.52. The standard InChI is InChI=1S/C11H18N2O4S/c1-8(2)5-9(14)6-13-18(16,17)10-3-4-11(15)12-7-10/h3-4,7-9,13-14H,5-6H2,1-2H3,(H,12,15). The van der Waals surface area contributed by atoms with Gasteiger partial charge in [-0.2, -0.15) is 0 Å². The summed E-state index contributed by atoms with van der Waals surface area (Å²) in [6.07, 6.45) is 0.927. The average Bonchev–Trinajstić information content (AvgIpc) is 2.26. The van der Waals surface area contributed by atoms with E-state index in [4.69, 9.17) is 0 Å². The number of sulfonamides is 1. The molecule has 1 atom stereocenters. The largest absolute Gasteiger partial charge is 0.392 e. The number of hydrogen-bond donors (Lipinski definition) is 3. The molecule has 18 heavy (non-hydrogen) atoms. The van der Waals surface area contributed by atoms with Gasteiger partial charge in [-0.3, -0.25) is 4.79 Å². The molecule has 0 bridgehead atoms. The van der Waals surface area contributed by atoms with E-state index in [0.29, 0.717) is 6.42 Å². The van der Waals surface area contributed by atoms with Crippen LogP contribution >= 0.6 is 0 Å². The lowest BCUT2D eigenvalue weighted by atomic mass is 10.1. The van der Waals surface area contributed by atoms with Crippen LogP contribution in [-0.2, 0) is 10.0 Å². The van der Waals surface area contributed by atoms with Crippen molar-refractivity contribution in [3.05, 3.63) is 28.7 Å². The summed E-state index contributed by atoms with van der Waals surface area (Å²) in [5, 5.41) is 9.59. The van der Waals surface area contributed by atoms with Crippen molar-refractivity contribution < 1.29 is 13.5 Å². The number of pyridine rings is 1. The molecule has 0 fully saturated rings. The summed E-state index contributed by atoms with van der Waals surface area (Å²) in [5.41, 5.74) is -0.367. The molecule has 0 amide bonds. The normalized spacial score (nSPS) is 13.8. The zero-order valence-corrected chi connectivity index (χ0v) is 11.2. The average molecular weight is 274 g/mol. The lowest BCUT2D eigenvalue weighted by Gasteiger charge is -2.13. The van der Waals surface area contributed by atoms with Crippen LogP contribution in [-0.4, -0.2) is 31.2 Å². The van der Waals surface area contributed by atoms with Crippen molar-refractivity contribution in [1.82, 2.24) is 9.71 Å². The van der Waals surface area contributed by atoms with E-state index in [1.54, 1.807) is 0 Å². The summed E-state index contributed by atoms with van der Waals surface area (Å²) in [4.78, 5) is 13.1. The van der Waals surface area contributed by atoms with Crippen molar-refractivity contribution in [2.75, 3.05) is 6.54 Å². The van der Waals surface area contributed by atoms with Crippen molar-refractivity contribution >= 4 is 10.0 Å². The van der Waals surface area contributed by atoms with Crippen LogP contribution in [0.4, 0.5) is 0 Å². The summed E-state index contributed by atoms with van der Waals surface area (Å²) in [5.74, 6) is 0.289. The highest BCUT2D eigenvalue weighted by atomic mass is 32.2. The number of aliphatic hydroxyl groups is 1. The Bertz CT molecular complexity index is 516.